The van der Waals surface area contributed by atoms with Crippen molar-refractivity contribution in [2.45, 2.75) is 18.9 Å². The summed E-state index contributed by atoms with van der Waals surface area (Å²) in [7, 11) is 0. The first kappa shape index (κ1) is 16.0. The predicted octanol–water partition coefficient (Wildman–Crippen LogP) is 4.16. The van der Waals surface area contributed by atoms with Crippen LogP contribution in [0.1, 0.15) is 23.2 Å². The number of rotatable bonds is 3. The number of aromatic nitrogens is 1. The molecule has 0 N–H and O–H groups in total. The molecule has 3 aromatic rings. The number of likely N-dealkylation sites (tertiary alicyclic amines) is 1. The van der Waals surface area contributed by atoms with Crippen molar-refractivity contribution in [3.63, 3.8) is 0 Å². The van der Waals surface area contributed by atoms with Crippen molar-refractivity contribution in [1.82, 2.24) is 9.88 Å². The van der Waals surface area contributed by atoms with Crippen molar-refractivity contribution in [2.75, 3.05) is 13.1 Å². The van der Waals surface area contributed by atoms with E-state index in [0.717, 1.165) is 18.4 Å². The van der Waals surface area contributed by atoms with Crippen LogP contribution in [0, 0.1) is 0 Å². The van der Waals surface area contributed by atoms with Crippen LogP contribution in [-0.2, 0) is 0 Å². The number of hydrogen-bond acceptors (Lipinski definition) is 4. The first-order valence-corrected chi connectivity index (χ1v) is 8.64. The summed E-state index contributed by atoms with van der Waals surface area (Å²) in [6.07, 6.45) is 1.77. The van der Waals surface area contributed by atoms with Crippen LogP contribution in [0.15, 0.2) is 52.9 Å². The third-order valence-corrected chi connectivity index (χ3v) is 4.58. The number of ether oxygens (including phenoxy) is 1. The quantitative estimate of drug-likeness (QED) is 0.707. The number of carbonyl (C=O) groups is 1. The normalized spacial score (nSPS) is 15.5. The maximum Gasteiger partial charge on any atom is 0.394 e. The number of hydrogen-bond donors (Lipinski definition) is 0. The highest BCUT2D eigenvalue weighted by Gasteiger charge is 2.26. The third-order valence-electron chi connectivity index (χ3n) is 4.34. The minimum Gasteiger partial charge on any atom is -0.447 e. The second kappa shape index (κ2) is 6.76. The van der Waals surface area contributed by atoms with Gasteiger partial charge in [0.1, 0.15) is 11.6 Å². The van der Waals surface area contributed by atoms with E-state index < -0.39 is 0 Å². The van der Waals surface area contributed by atoms with Gasteiger partial charge in [-0.3, -0.25) is 4.79 Å². The van der Waals surface area contributed by atoms with Crippen LogP contribution in [0.25, 0.3) is 11.1 Å². The van der Waals surface area contributed by atoms with Crippen molar-refractivity contribution in [1.29, 1.82) is 0 Å². The number of para-hydroxylation sites is 2. The zero-order valence-electron chi connectivity index (χ0n) is 13.5. The third kappa shape index (κ3) is 3.46. The number of halogens is 1. The highest BCUT2D eigenvalue weighted by molar-refractivity contribution is 6.30. The van der Waals surface area contributed by atoms with Gasteiger partial charge in [0, 0.05) is 36.5 Å². The van der Waals surface area contributed by atoms with Crippen molar-refractivity contribution >= 4 is 28.6 Å². The molecule has 25 heavy (non-hydrogen) atoms. The lowest BCUT2D eigenvalue weighted by Crippen LogP contribution is -2.41. The maximum absolute atomic E-state index is 12.5. The lowest BCUT2D eigenvalue weighted by molar-refractivity contribution is 0.0536. The largest absolute Gasteiger partial charge is 0.447 e. The second-order valence-corrected chi connectivity index (χ2v) is 6.50. The average molecular weight is 357 g/mol. The first-order valence-electron chi connectivity index (χ1n) is 8.26. The molecule has 1 aliphatic rings. The van der Waals surface area contributed by atoms with Crippen molar-refractivity contribution in [2.24, 2.45) is 0 Å². The molecule has 0 spiro atoms. The Morgan fingerprint density at radius 2 is 1.96 bits per heavy atom. The van der Waals surface area contributed by atoms with E-state index in [0.29, 0.717) is 35.3 Å². The Hall–Kier alpha value is -2.53. The molecule has 2 aromatic carbocycles. The lowest BCUT2D eigenvalue weighted by atomic mass is 10.1. The molecule has 1 saturated heterocycles. The zero-order valence-corrected chi connectivity index (χ0v) is 14.3. The van der Waals surface area contributed by atoms with Crippen molar-refractivity contribution in [3.05, 3.63) is 59.1 Å². The van der Waals surface area contributed by atoms with Crippen molar-refractivity contribution in [3.8, 4) is 6.08 Å². The number of amides is 1. The maximum atomic E-state index is 12.5. The van der Waals surface area contributed by atoms with E-state index in [1.807, 2.05) is 29.2 Å². The van der Waals surface area contributed by atoms with E-state index in [4.69, 9.17) is 20.8 Å². The SMILES string of the molecule is O=C(c1cccc(Cl)c1)N1CCC(Oc2nc3ccccc3o2)CC1. The van der Waals surface area contributed by atoms with Gasteiger partial charge in [-0.2, -0.15) is 4.98 Å². The van der Waals surface area contributed by atoms with Gasteiger partial charge < -0.3 is 14.1 Å². The van der Waals surface area contributed by atoms with Crippen LogP contribution >= 0.6 is 11.6 Å². The standard InChI is InChI=1S/C19H17ClN2O3/c20-14-5-3-4-13(12-14)18(23)22-10-8-15(9-11-22)24-19-21-16-6-1-2-7-17(16)25-19/h1-7,12,15H,8-11H2. The molecule has 0 radical (unpaired) electrons. The molecule has 0 unspecified atom stereocenters. The molecule has 0 bridgehead atoms. The number of carbonyl (C=O) groups excluding carboxylic acids is 1. The fraction of sp³-hybridized carbons (Fsp3) is 0.263. The summed E-state index contributed by atoms with van der Waals surface area (Å²) in [5.41, 5.74) is 2.11. The molecule has 5 nitrogen and oxygen atoms in total. The molecule has 128 valence electrons. The summed E-state index contributed by atoms with van der Waals surface area (Å²) in [5.74, 6) is 0.00260. The Morgan fingerprint density at radius 1 is 1.16 bits per heavy atom. The average Bonchev–Trinajstić information content (AvgIpc) is 3.04. The molecule has 0 atom stereocenters. The summed E-state index contributed by atoms with van der Waals surface area (Å²) in [4.78, 5) is 18.7. The summed E-state index contributed by atoms with van der Waals surface area (Å²) in [6.45, 7) is 1.27. The van der Waals surface area contributed by atoms with E-state index >= 15 is 0 Å². The van der Waals surface area contributed by atoms with Crippen LogP contribution in [0.3, 0.4) is 0 Å². The topological polar surface area (TPSA) is 55.6 Å². The zero-order chi connectivity index (χ0) is 17.2. The first-order chi connectivity index (χ1) is 12.2. The van der Waals surface area contributed by atoms with E-state index in [2.05, 4.69) is 4.98 Å². The summed E-state index contributed by atoms with van der Waals surface area (Å²) >= 11 is 5.97. The van der Waals surface area contributed by atoms with Crippen LogP contribution in [0.2, 0.25) is 5.02 Å². The molecule has 1 aliphatic heterocycles. The molecule has 4 rings (SSSR count). The van der Waals surface area contributed by atoms with Gasteiger partial charge in [-0.1, -0.05) is 29.8 Å². The van der Waals surface area contributed by atoms with E-state index in [-0.39, 0.29) is 12.0 Å². The van der Waals surface area contributed by atoms with Crippen LogP contribution in [0.4, 0.5) is 0 Å². The van der Waals surface area contributed by atoms with Gasteiger partial charge in [0.25, 0.3) is 5.91 Å². The van der Waals surface area contributed by atoms with Crippen LogP contribution in [0.5, 0.6) is 6.08 Å². The predicted molar refractivity (Wildman–Crippen MR) is 95.0 cm³/mol. The monoisotopic (exact) mass is 356 g/mol. The Morgan fingerprint density at radius 3 is 2.72 bits per heavy atom. The highest BCUT2D eigenvalue weighted by Crippen LogP contribution is 2.24. The Balaban J connectivity index is 1.37. The smallest absolute Gasteiger partial charge is 0.394 e. The molecule has 0 aliphatic carbocycles. The summed E-state index contributed by atoms with van der Waals surface area (Å²) < 4.78 is 11.5. The minimum atomic E-state index is -0.00327. The summed E-state index contributed by atoms with van der Waals surface area (Å²) in [6, 6.07) is 14.6. The summed E-state index contributed by atoms with van der Waals surface area (Å²) in [5, 5.41) is 0.569. The second-order valence-electron chi connectivity index (χ2n) is 6.07. The van der Waals surface area contributed by atoms with Gasteiger partial charge in [-0.15, -0.1) is 0 Å². The number of nitrogens with zero attached hydrogens (tertiary/aromatic N) is 2. The number of fused-ring (bicyclic) bond motifs is 1. The van der Waals surface area contributed by atoms with Crippen LogP contribution in [-0.4, -0.2) is 35.0 Å². The Kier molecular flexibility index (Phi) is 4.32. The van der Waals surface area contributed by atoms with E-state index in [9.17, 15) is 4.79 Å². The lowest BCUT2D eigenvalue weighted by Gasteiger charge is -2.31. The molecule has 1 fully saturated rings. The molecule has 1 aromatic heterocycles. The van der Waals surface area contributed by atoms with Gasteiger partial charge in [0.15, 0.2) is 5.58 Å². The van der Waals surface area contributed by atoms with Gasteiger partial charge in [-0.25, -0.2) is 0 Å². The van der Waals surface area contributed by atoms with Gasteiger partial charge in [0.2, 0.25) is 0 Å². The van der Waals surface area contributed by atoms with Crippen molar-refractivity contribution < 1.29 is 13.9 Å². The Bertz CT molecular complexity index is 867. The van der Waals surface area contributed by atoms with Gasteiger partial charge >= 0.3 is 6.08 Å². The number of oxazole rings is 1. The molecule has 0 saturated carbocycles. The fourth-order valence-electron chi connectivity index (χ4n) is 3.02. The fourth-order valence-corrected chi connectivity index (χ4v) is 3.22. The van der Waals surface area contributed by atoms with Gasteiger partial charge in [0.05, 0.1) is 0 Å². The number of benzene rings is 2. The van der Waals surface area contributed by atoms with E-state index in [1.54, 1.807) is 24.3 Å². The minimum absolute atomic E-state index is 0.00260. The number of piperidine rings is 1. The Labute approximate surface area is 150 Å². The highest BCUT2D eigenvalue weighted by atomic mass is 35.5. The molecular weight excluding hydrogens is 340 g/mol. The molecular formula is C19H17ClN2O3. The van der Waals surface area contributed by atoms with Crippen LogP contribution < -0.4 is 4.74 Å². The van der Waals surface area contributed by atoms with Gasteiger partial charge in [-0.05, 0) is 30.3 Å². The van der Waals surface area contributed by atoms with E-state index in [1.165, 1.54) is 0 Å². The molecule has 2 heterocycles. The molecule has 6 heteroatoms. The molecule has 1 amide bonds.